The van der Waals surface area contributed by atoms with E-state index in [9.17, 15) is 4.39 Å². The Kier molecular flexibility index (Phi) is 3.18. The predicted octanol–water partition coefficient (Wildman–Crippen LogP) is 4.45. The molecular formula is C13H7Cl3FNO. The van der Waals surface area contributed by atoms with Crippen LogP contribution < -0.4 is 0 Å². The standard InChI is InChI=1S/C13H7Cl3FNO/c14-9-3-1-7(5-10(9)17)13(6-19-13)8-2-4-11(15)18-12(8)16/h1-5H,6H2. The summed E-state index contributed by atoms with van der Waals surface area (Å²) in [6.07, 6.45) is 0. The number of pyridine rings is 1. The first kappa shape index (κ1) is 13.1. The van der Waals surface area contributed by atoms with Crippen LogP contribution >= 0.6 is 34.8 Å². The molecule has 3 rings (SSSR count). The second-order valence-electron chi connectivity index (χ2n) is 4.22. The van der Waals surface area contributed by atoms with Crippen molar-refractivity contribution in [2.24, 2.45) is 0 Å². The van der Waals surface area contributed by atoms with Crippen molar-refractivity contribution in [1.29, 1.82) is 0 Å². The molecule has 1 unspecified atom stereocenters. The minimum absolute atomic E-state index is 0.0693. The topological polar surface area (TPSA) is 25.4 Å². The van der Waals surface area contributed by atoms with E-state index in [0.717, 1.165) is 0 Å². The number of hydrogen-bond acceptors (Lipinski definition) is 2. The highest BCUT2D eigenvalue weighted by Gasteiger charge is 2.50. The zero-order chi connectivity index (χ0) is 13.6. The molecule has 0 bridgehead atoms. The van der Waals surface area contributed by atoms with E-state index < -0.39 is 11.4 Å². The SMILES string of the molecule is Fc1cc(C2(c3ccc(Cl)nc3Cl)CO2)ccc1Cl. The number of aromatic nitrogens is 1. The molecular weight excluding hydrogens is 312 g/mol. The molecule has 0 radical (unpaired) electrons. The molecule has 1 fully saturated rings. The number of benzene rings is 1. The monoisotopic (exact) mass is 317 g/mol. The van der Waals surface area contributed by atoms with Crippen molar-refractivity contribution in [3.8, 4) is 0 Å². The molecule has 0 aliphatic carbocycles. The van der Waals surface area contributed by atoms with Gasteiger partial charge in [-0.2, -0.15) is 0 Å². The van der Waals surface area contributed by atoms with E-state index in [1.54, 1.807) is 18.2 Å². The molecule has 2 nitrogen and oxygen atoms in total. The fourth-order valence-corrected chi connectivity index (χ4v) is 2.63. The average Bonchev–Trinajstić information content (AvgIpc) is 3.14. The zero-order valence-electron chi connectivity index (χ0n) is 9.46. The van der Waals surface area contributed by atoms with Gasteiger partial charge in [-0.15, -0.1) is 0 Å². The maximum absolute atomic E-state index is 13.6. The Balaban J connectivity index is 2.10. The molecule has 1 aliphatic rings. The Morgan fingerprint density at radius 2 is 1.89 bits per heavy atom. The summed E-state index contributed by atoms with van der Waals surface area (Å²) in [6.45, 7) is 0.414. The molecule has 1 aliphatic heterocycles. The Morgan fingerprint density at radius 1 is 1.16 bits per heavy atom. The van der Waals surface area contributed by atoms with Gasteiger partial charge in [0, 0.05) is 5.56 Å². The molecule has 0 spiro atoms. The maximum Gasteiger partial charge on any atom is 0.145 e. The van der Waals surface area contributed by atoms with Crippen LogP contribution in [0.25, 0.3) is 0 Å². The molecule has 0 saturated carbocycles. The van der Waals surface area contributed by atoms with Crippen molar-refractivity contribution in [3.05, 3.63) is 62.6 Å². The number of nitrogens with zero attached hydrogens (tertiary/aromatic N) is 1. The fourth-order valence-electron chi connectivity index (χ4n) is 2.01. The molecule has 1 saturated heterocycles. The number of hydrogen-bond donors (Lipinski definition) is 0. The van der Waals surface area contributed by atoms with Crippen LogP contribution in [-0.2, 0) is 10.3 Å². The van der Waals surface area contributed by atoms with Crippen LogP contribution in [0.5, 0.6) is 0 Å². The van der Waals surface area contributed by atoms with Crippen molar-refractivity contribution in [2.45, 2.75) is 5.60 Å². The smallest absolute Gasteiger partial charge is 0.145 e. The second kappa shape index (κ2) is 4.60. The normalized spacial score (nSPS) is 21.5. The van der Waals surface area contributed by atoms with Gasteiger partial charge in [-0.25, -0.2) is 9.37 Å². The fraction of sp³-hybridized carbons (Fsp3) is 0.154. The van der Waals surface area contributed by atoms with Crippen LogP contribution in [0.4, 0.5) is 4.39 Å². The van der Waals surface area contributed by atoms with E-state index in [2.05, 4.69) is 4.98 Å². The van der Waals surface area contributed by atoms with Gasteiger partial charge in [0.1, 0.15) is 21.7 Å². The van der Waals surface area contributed by atoms with Gasteiger partial charge >= 0.3 is 0 Å². The molecule has 1 atom stereocenters. The Morgan fingerprint density at radius 3 is 2.47 bits per heavy atom. The average molecular weight is 319 g/mol. The van der Waals surface area contributed by atoms with E-state index in [1.807, 2.05) is 0 Å². The van der Waals surface area contributed by atoms with E-state index in [0.29, 0.717) is 22.9 Å². The minimum Gasteiger partial charge on any atom is -0.359 e. The third-order valence-electron chi connectivity index (χ3n) is 3.07. The minimum atomic E-state index is -0.750. The molecule has 0 amide bonds. The van der Waals surface area contributed by atoms with E-state index in [1.165, 1.54) is 12.1 Å². The van der Waals surface area contributed by atoms with Gasteiger partial charge in [0.05, 0.1) is 11.6 Å². The van der Waals surface area contributed by atoms with Crippen molar-refractivity contribution < 1.29 is 9.13 Å². The van der Waals surface area contributed by atoms with Crippen molar-refractivity contribution in [1.82, 2.24) is 4.98 Å². The number of ether oxygens (including phenoxy) is 1. The molecule has 6 heteroatoms. The predicted molar refractivity (Wildman–Crippen MR) is 72.4 cm³/mol. The third kappa shape index (κ3) is 2.21. The molecule has 98 valence electrons. The lowest BCUT2D eigenvalue weighted by atomic mass is 9.93. The van der Waals surface area contributed by atoms with Crippen LogP contribution in [0.1, 0.15) is 11.1 Å². The van der Waals surface area contributed by atoms with Gasteiger partial charge in [0.25, 0.3) is 0 Å². The lowest BCUT2D eigenvalue weighted by Crippen LogP contribution is -2.12. The van der Waals surface area contributed by atoms with Crippen LogP contribution in [0.3, 0.4) is 0 Å². The van der Waals surface area contributed by atoms with Crippen molar-refractivity contribution in [2.75, 3.05) is 6.61 Å². The molecule has 1 aromatic heterocycles. The summed E-state index contributed by atoms with van der Waals surface area (Å²) in [5.41, 5.74) is 0.570. The van der Waals surface area contributed by atoms with Crippen LogP contribution in [-0.4, -0.2) is 11.6 Å². The maximum atomic E-state index is 13.6. The first-order valence-electron chi connectivity index (χ1n) is 5.45. The molecule has 2 aromatic rings. The zero-order valence-corrected chi connectivity index (χ0v) is 11.7. The summed E-state index contributed by atoms with van der Waals surface area (Å²) < 4.78 is 19.1. The van der Waals surface area contributed by atoms with E-state index in [-0.39, 0.29) is 10.2 Å². The summed E-state index contributed by atoms with van der Waals surface area (Å²) in [7, 11) is 0. The molecule has 2 heterocycles. The highest BCUT2D eigenvalue weighted by Crippen LogP contribution is 2.47. The number of halogens is 4. The van der Waals surface area contributed by atoms with E-state index in [4.69, 9.17) is 39.5 Å². The van der Waals surface area contributed by atoms with E-state index >= 15 is 0 Å². The van der Waals surface area contributed by atoms with Gasteiger partial charge in [0.2, 0.25) is 0 Å². The first-order valence-corrected chi connectivity index (χ1v) is 6.58. The highest BCUT2D eigenvalue weighted by atomic mass is 35.5. The lowest BCUT2D eigenvalue weighted by molar-refractivity contribution is 0.348. The van der Waals surface area contributed by atoms with Crippen LogP contribution in [0.15, 0.2) is 30.3 Å². The third-order valence-corrected chi connectivity index (χ3v) is 3.87. The van der Waals surface area contributed by atoms with Gasteiger partial charge in [-0.3, -0.25) is 0 Å². The quantitative estimate of drug-likeness (QED) is 0.603. The number of epoxide rings is 1. The van der Waals surface area contributed by atoms with Crippen LogP contribution in [0, 0.1) is 5.82 Å². The molecule has 1 aromatic carbocycles. The second-order valence-corrected chi connectivity index (χ2v) is 5.37. The first-order chi connectivity index (χ1) is 9.03. The van der Waals surface area contributed by atoms with Crippen molar-refractivity contribution in [3.63, 3.8) is 0 Å². The Bertz CT molecular complexity index is 658. The summed E-state index contributed by atoms with van der Waals surface area (Å²) >= 11 is 17.5. The summed E-state index contributed by atoms with van der Waals surface area (Å²) in [5.74, 6) is -0.493. The lowest BCUT2D eigenvalue weighted by Gasteiger charge is -2.14. The Labute approximate surface area is 124 Å². The van der Waals surface area contributed by atoms with Gasteiger partial charge in [0.15, 0.2) is 0 Å². The van der Waals surface area contributed by atoms with Crippen molar-refractivity contribution >= 4 is 34.8 Å². The highest BCUT2D eigenvalue weighted by molar-refractivity contribution is 6.33. The largest absolute Gasteiger partial charge is 0.359 e. The summed E-state index contributed by atoms with van der Waals surface area (Å²) in [5, 5.41) is 0.618. The Hall–Kier alpha value is -0.870. The van der Waals surface area contributed by atoms with Gasteiger partial charge in [-0.05, 0) is 29.8 Å². The van der Waals surface area contributed by atoms with Crippen LogP contribution in [0.2, 0.25) is 15.3 Å². The summed E-state index contributed by atoms with van der Waals surface area (Å²) in [4.78, 5) is 3.98. The number of rotatable bonds is 2. The van der Waals surface area contributed by atoms with Gasteiger partial charge in [-0.1, -0.05) is 40.9 Å². The molecule has 19 heavy (non-hydrogen) atoms. The van der Waals surface area contributed by atoms with Gasteiger partial charge < -0.3 is 4.74 Å². The summed E-state index contributed by atoms with van der Waals surface area (Å²) in [6, 6.07) is 7.91. The molecule has 0 N–H and O–H groups in total.